The highest BCUT2D eigenvalue weighted by molar-refractivity contribution is 5.82. The van der Waals surface area contributed by atoms with E-state index < -0.39 is 6.04 Å². The van der Waals surface area contributed by atoms with Crippen molar-refractivity contribution in [1.29, 1.82) is 0 Å². The predicted octanol–water partition coefficient (Wildman–Crippen LogP) is 0.821. The molecule has 0 saturated carbocycles. The summed E-state index contributed by atoms with van der Waals surface area (Å²) >= 11 is 0. The van der Waals surface area contributed by atoms with Crippen LogP contribution in [-0.2, 0) is 4.79 Å². The van der Waals surface area contributed by atoms with Gasteiger partial charge in [0.05, 0.1) is 0 Å². The fourth-order valence-corrected chi connectivity index (χ4v) is 1.30. The lowest BCUT2D eigenvalue weighted by atomic mass is 9.94. The Morgan fingerprint density at radius 1 is 1.41 bits per heavy atom. The van der Waals surface area contributed by atoms with E-state index in [4.69, 9.17) is 10.8 Å². The molecule has 0 saturated heterocycles. The first kappa shape index (κ1) is 13.7. The Labute approximate surface area is 102 Å². The van der Waals surface area contributed by atoms with E-state index >= 15 is 0 Å². The van der Waals surface area contributed by atoms with Gasteiger partial charge in [-0.3, -0.25) is 4.79 Å². The van der Waals surface area contributed by atoms with E-state index in [1.54, 1.807) is 0 Å². The van der Waals surface area contributed by atoms with E-state index in [9.17, 15) is 4.79 Å². The van der Waals surface area contributed by atoms with Crippen molar-refractivity contribution < 1.29 is 9.90 Å². The van der Waals surface area contributed by atoms with Crippen molar-refractivity contribution in [3.63, 3.8) is 0 Å². The number of amides is 1. The molecule has 94 valence electrons. The first-order chi connectivity index (χ1) is 7.96. The highest BCUT2D eigenvalue weighted by Gasteiger charge is 2.20. The zero-order chi connectivity index (χ0) is 12.9. The molecule has 0 aliphatic carbocycles. The van der Waals surface area contributed by atoms with Gasteiger partial charge in [0.2, 0.25) is 5.91 Å². The fraction of sp³-hybridized carbons (Fsp3) is 0.462. The number of aliphatic hydroxyl groups excluding tert-OH is 1. The minimum absolute atomic E-state index is 0.0217. The van der Waals surface area contributed by atoms with Gasteiger partial charge < -0.3 is 16.2 Å². The Morgan fingerprint density at radius 2 is 2.00 bits per heavy atom. The molecular weight excluding hydrogens is 216 g/mol. The predicted molar refractivity (Wildman–Crippen MR) is 67.2 cm³/mol. The van der Waals surface area contributed by atoms with Crippen molar-refractivity contribution in [2.24, 2.45) is 11.1 Å². The van der Waals surface area contributed by atoms with Gasteiger partial charge in [0, 0.05) is 18.6 Å². The summed E-state index contributed by atoms with van der Waals surface area (Å²) in [7, 11) is 0. The number of carbonyl (C=O) groups excluding carboxylic acids is 1. The molecule has 4 N–H and O–H groups in total. The number of rotatable bonds is 5. The molecule has 0 radical (unpaired) electrons. The molecule has 0 aliphatic heterocycles. The molecule has 0 aromatic heterocycles. The number of aliphatic hydroxyl groups is 1. The lowest BCUT2D eigenvalue weighted by molar-refractivity contribution is -0.123. The minimum atomic E-state index is -0.661. The smallest absolute Gasteiger partial charge is 0.241 e. The van der Waals surface area contributed by atoms with Crippen LogP contribution < -0.4 is 11.1 Å². The Kier molecular flexibility index (Phi) is 4.66. The maximum Gasteiger partial charge on any atom is 0.241 e. The zero-order valence-corrected chi connectivity index (χ0v) is 10.3. The number of benzene rings is 1. The Hall–Kier alpha value is -1.39. The third kappa shape index (κ3) is 4.17. The second-order valence-corrected chi connectivity index (χ2v) is 4.93. The molecule has 4 nitrogen and oxygen atoms in total. The third-order valence-electron chi connectivity index (χ3n) is 2.61. The molecule has 0 heterocycles. The van der Waals surface area contributed by atoms with E-state index in [2.05, 4.69) is 5.32 Å². The largest absolute Gasteiger partial charge is 0.396 e. The summed E-state index contributed by atoms with van der Waals surface area (Å²) in [6, 6.07) is 8.55. The molecule has 1 aromatic carbocycles. The number of hydrogen-bond donors (Lipinski definition) is 3. The van der Waals surface area contributed by atoms with Gasteiger partial charge in [0.15, 0.2) is 0 Å². The summed E-state index contributed by atoms with van der Waals surface area (Å²) < 4.78 is 0. The monoisotopic (exact) mass is 236 g/mol. The summed E-state index contributed by atoms with van der Waals surface area (Å²) in [6.45, 7) is 4.18. The van der Waals surface area contributed by atoms with Gasteiger partial charge in [-0.05, 0) is 5.56 Å². The Morgan fingerprint density at radius 3 is 2.53 bits per heavy atom. The van der Waals surface area contributed by atoms with Crippen molar-refractivity contribution in [3.05, 3.63) is 35.9 Å². The molecule has 1 aromatic rings. The number of nitrogens with one attached hydrogen (secondary N) is 1. The van der Waals surface area contributed by atoms with Crippen LogP contribution in [0.25, 0.3) is 0 Å². The van der Waals surface area contributed by atoms with E-state index in [1.165, 1.54) is 0 Å². The van der Waals surface area contributed by atoms with Gasteiger partial charge in [-0.25, -0.2) is 0 Å². The number of nitrogens with two attached hydrogens (primary N) is 1. The summed E-state index contributed by atoms with van der Waals surface area (Å²) in [4.78, 5) is 11.8. The van der Waals surface area contributed by atoms with Crippen molar-refractivity contribution in [3.8, 4) is 0 Å². The topological polar surface area (TPSA) is 75.3 Å². The van der Waals surface area contributed by atoms with Crippen molar-refractivity contribution >= 4 is 5.91 Å². The zero-order valence-electron chi connectivity index (χ0n) is 10.3. The SMILES string of the molecule is CC(C)(CO)CNC(=O)[C@H](N)c1ccccc1. The summed E-state index contributed by atoms with van der Waals surface area (Å²) in [5, 5.41) is 11.8. The molecule has 0 spiro atoms. The van der Waals surface area contributed by atoms with Crippen LogP contribution in [0.2, 0.25) is 0 Å². The summed E-state index contributed by atoms with van der Waals surface area (Å²) in [5.41, 5.74) is 6.29. The standard InChI is InChI=1S/C13H20N2O2/c1-13(2,9-16)8-15-12(17)11(14)10-6-4-3-5-7-10/h3-7,11,16H,8-9,14H2,1-2H3,(H,15,17)/t11-/m1/s1. The molecular formula is C13H20N2O2. The number of hydrogen-bond acceptors (Lipinski definition) is 3. The fourth-order valence-electron chi connectivity index (χ4n) is 1.30. The Bertz CT molecular complexity index is 363. The van der Waals surface area contributed by atoms with Crippen molar-refractivity contribution in [2.75, 3.05) is 13.2 Å². The second-order valence-electron chi connectivity index (χ2n) is 4.93. The average Bonchev–Trinajstić information content (AvgIpc) is 2.36. The van der Waals surface area contributed by atoms with E-state index in [-0.39, 0.29) is 17.9 Å². The quantitative estimate of drug-likeness (QED) is 0.708. The maximum absolute atomic E-state index is 11.8. The minimum Gasteiger partial charge on any atom is -0.396 e. The van der Waals surface area contributed by atoms with E-state index in [0.29, 0.717) is 6.54 Å². The molecule has 17 heavy (non-hydrogen) atoms. The molecule has 4 heteroatoms. The lowest BCUT2D eigenvalue weighted by Crippen LogP contribution is -2.40. The van der Waals surface area contributed by atoms with Gasteiger partial charge in [0.25, 0.3) is 0 Å². The summed E-state index contributed by atoms with van der Waals surface area (Å²) in [6.07, 6.45) is 0. The molecule has 0 fully saturated rings. The van der Waals surface area contributed by atoms with Crippen LogP contribution in [0.5, 0.6) is 0 Å². The van der Waals surface area contributed by atoms with Gasteiger partial charge in [0.1, 0.15) is 6.04 Å². The molecule has 0 unspecified atom stereocenters. The highest BCUT2D eigenvalue weighted by Crippen LogP contribution is 2.13. The second kappa shape index (κ2) is 5.80. The van der Waals surface area contributed by atoms with Crippen LogP contribution in [0.3, 0.4) is 0 Å². The lowest BCUT2D eigenvalue weighted by Gasteiger charge is -2.23. The third-order valence-corrected chi connectivity index (χ3v) is 2.61. The van der Waals surface area contributed by atoms with Crippen LogP contribution in [-0.4, -0.2) is 24.2 Å². The van der Waals surface area contributed by atoms with Crippen molar-refractivity contribution in [2.45, 2.75) is 19.9 Å². The van der Waals surface area contributed by atoms with Crippen molar-refractivity contribution in [1.82, 2.24) is 5.32 Å². The van der Waals surface area contributed by atoms with E-state index in [0.717, 1.165) is 5.56 Å². The molecule has 1 amide bonds. The highest BCUT2D eigenvalue weighted by atomic mass is 16.3. The molecule has 1 atom stereocenters. The molecule has 0 aliphatic rings. The van der Waals surface area contributed by atoms with Gasteiger partial charge in [-0.15, -0.1) is 0 Å². The van der Waals surface area contributed by atoms with Gasteiger partial charge >= 0.3 is 0 Å². The average molecular weight is 236 g/mol. The van der Waals surface area contributed by atoms with Crippen LogP contribution in [0, 0.1) is 5.41 Å². The van der Waals surface area contributed by atoms with E-state index in [1.807, 2.05) is 44.2 Å². The van der Waals surface area contributed by atoms with Crippen LogP contribution in [0.15, 0.2) is 30.3 Å². The summed E-state index contributed by atoms with van der Waals surface area (Å²) in [5.74, 6) is -0.224. The van der Waals surface area contributed by atoms with Crippen LogP contribution in [0.1, 0.15) is 25.5 Å². The molecule has 0 bridgehead atoms. The van der Waals surface area contributed by atoms with Gasteiger partial charge in [-0.2, -0.15) is 0 Å². The molecule has 1 rings (SSSR count). The normalized spacial score (nSPS) is 13.2. The van der Waals surface area contributed by atoms with Gasteiger partial charge in [-0.1, -0.05) is 44.2 Å². The van der Waals surface area contributed by atoms with Crippen LogP contribution in [0.4, 0.5) is 0 Å². The first-order valence-electron chi connectivity index (χ1n) is 5.65. The van der Waals surface area contributed by atoms with Crippen LogP contribution >= 0.6 is 0 Å². The number of carbonyl (C=O) groups is 1. The Balaban J connectivity index is 2.54. The first-order valence-corrected chi connectivity index (χ1v) is 5.65. The maximum atomic E-state index is 11.8.